The van der Waals surface area contributed by atoms with Crippen molar-refractivity contribution >= 4 is 17.7 Å². The van der Waals surface area contributed by atoms with E-state index in [-0.39, 0.29) is 0 Å². The number of ether oxygens (including phenoxy) is 9. The van der Waals surface area contributed by atoms with Crippen LogP contribution in [0.5, 0.6) is 0 Å². The first-order valence-electron chi connectivity index (χ1n) is 20.6. The molecule has 5 aliphatic rings. The van der Waals surface area contributed by atoms with Gasteiger partial charge in [-0.15, -0.1) is 0 Å². The molecule has 0 radical (unpaired) electrons. The van der Waals surface area contributed by atoms with Crippen LogP contribution in [0.1, 0.15) is 20.8 Å². The van der Waals surface area contributed by atoms with Gasteiger partial charge in [0.1, 0.15) is 122 Å². The Hall–Kier alpha value is -2.51. The molecule has 29 nitrogen and oxygen atoms in total. The highest BCUT2D eigenvalue weighted by Crippen LogP contribution is 2.36. The third-order valence-corrected chi connectivity index (χ3v) is 11.5. The number of aliphatic hydroxyl groups excluding tert-OH is 14. The number of carbonyl (C=O) groups excluding carboxylic acids is 3. The molecule has 0 saturated carbocycles. The maximum atomic E-state index is 12.5. The predicted molar refractivity (Wildman–Crippen MR) is 201 cm³/mol. The quantitative estimate of drug-likeness (QED) is 0.0683. The van der Waals surface area contributed by atoms with Crippen molar-refractivity contribution in [1.29, 1.82) is 0 Å². The van der Waals surface area contributed by atoms with Gasteiger partial charge in [-0.2, -0.15) is 0 Å². The van der Waals surface area contributed by atoms with Gasteiger partial charge in [-0.3, -0.25) is 14.4 Å². The van der Waals surface area contributed by atoms with Crippen molar-refractivity contribution in [1.82, 2.24) is 16.0 Å². The molecule has 0 aliphatic carbocycles. The summed E-state index contributed by atoms with van der Waals surface area (Å²) in [4.78, 5) is 36.3. The van der Waals surface area contributed by atoms with Crippen LogP contribution in [0.4, 0.5) is 0 Å². The number of aliphatic hydroxyl groups is 14. The van der Waals surface area contributed by atoms with E-state index < -0.39 is 204 Å². The van der Waals surface area contributed by atoms with Gasteiger partial charge in [-0.05, 0) is 0 Å². The average Bonchev–Trinajstić information content (AvgIpc) is 3.25. The zero-order chi connectivity index (χ0) is 48.2. The number of hydrogen-bond donors (Lipinski definition) is 17. The van der Waals surface area contributed by atoms with E-state index in [1.807, 2.05) is 0 Å². The van der Waals surface area contributed by atoms with Crippen LogP contribution < -0.4 is 16.0 Å². The van der Waals surface area contributed by atoms with Crippen molar-refractivity contribution in [2.24, 2.45) is 0 Å². The third-order valence-electron chi connectivity index (χ3n) is 11.5. The lowest BCUT2D eigenvalue weighted by Gasteiger charge is -2.50. The standard InChI is InChI=1S/C36H61N3O26/c1-9(45)37-17-24(52)28(15(7-43)57-32(17)56)62-35-27(55)31(22(50)14(6-42)59-35)65-34-19(39-11(3)47)25(53)29(16(8-44)61-34)63-36-26(54)30(21(49)13(5-41)60-36)64-33-18(38-10(2)46)23(51)20(48)12(4-40)58-33/h12-36,40-44,48-56H,4-8H2,1-3H3,(H,37,45)(H,38,46)(H,39,47)/t12-,13-,14-,15-,16-,17-,18-,19-,20-,21+,22+,23-,24-,25-,26-,27-,28-,29-,30+,31+,32-,33+,34+,35+,36+/m1/s1. The van der Waals surface area contributed by atoms with Gasteiger partial charge in [-0.25, -0.2) is 0 Å². The van der Waals surface area contributed by atoms with E-state index >= 15 is 0 Å². The number of carbonyl (C=O) groups is 3. The molecule has 5 heterocycles. The van der Waals surface area contributed by atoms with Crippen LogP contribution in [0.15, 0.2) is 0 Å². The molecular formula is C36H61N3O26. The molecule has 0 aromatic heterocycles. The minimum atomic E-state index is -2.11. The lowest BCUT2D eigenvalue weighted by molar-refractivity contribution is -0.382. The zero-order valence-electron chi connectivity index (χ0n) is 35.1. The van der Waals surface area contributed by atoms with Crippen LogP contribution in [-0.4, -0.2) is 276 Å². The van der Waals surface area contributed by atoms with Crippen LogP contribution in [0.2, 0.25) is 0 Å². The van der Waals surface area contributed by atoms with Gasteiger partial charge in [0, 0.05) is 20.8 Å². The van der Waals surface area contributed by atoms with E-state index in [0.717, 1.165) is 20.8 Å². The van der Waals surface area contributed by atoms with Crippen molar-refractivity contribution in [3.63, 3.8) is 0 Å². The van der Waals surface area contributed by atoms with Crippen molar-refractivity contribution in [3.8, 4) is 0 Å². The molecule has 0 bridgehead atoms. The first-order chi connectivity index (χ1) is 30.7. The summed E-state index contributed by atoms with van der Waals surface area (Å²) >= 11 is 0. The second-order valence-corrected chi connectivity index (χ2v) is 16.2. The highest BCUT2D eigenvalue weighted by Gasteiger charge is 2.57. The topological polar surface area (TPSA) is 454 Å². The summed E-state index contributed by atoms with van der Waals surface area (Å²) < 4.78 is 51.3. The third kappa shape index (κ3) is 11.9. The SMILES string of the molecule is CC(=O)N[C@@H]1[C@@H](O)[C@H](O[C@@H]2O[C@H](CO)[C@H](O)[C@H](O[C@@H]3O[C@H](CO)[C@@H](O[C@@H]4O[C@H](CO)[C@H](O)[C@H](O[C@@H]5O[C@H](CO)[C@@H](O)[C@H](O)[C@H]5NC(C)=O)[C@H]4O)[C@H](O)[C@H]3NC(C)=O)[C@H]2O)[C@@H](CO)O[C@H]1O. The van der Waals surface area contributed by atoms with E-state index in [4.69, 9.17) is 42.6 Å². The van der Waals surface area contributed by atoms with Crippen molar-refractivity contribution in [2.75, 3.05) is 33.0 Å². The fraction of sp³-hybridized carbons (Fsp3) is 0.917. The first kappa shape index (κ1) is 53.4. The van der Waals surface area contributed by atoms with Crippen LogP contribution in [0, 0.1) is 0 Å². The Bertz CT molecular complexity index is 1560. The van der Waals surface area contributed by atoms with Crippen LogP contribution in [-0.2, 0) is 57.0 Å². The van der Waals surface area contributed by atoms with Gasteiger partial charge in [0.2, 0.25) is 17.7 Å². The highest BCUT2D eigenvalue weighted by molar-refractivity contribution is 5.74. The Kier molecular flexibility index (Phi) is 19.1. The zero-order valence-corrected chi connectivity index (χ0v) is 35.1. The smallest absolute Gasteiger partial charge is 0.217 e. The molecule has 0 unspecified atom stereocenters. The van der Waals surface area contributed by atoms with Crippen molar-refractivity contribution in [2.45, 2.75) is 174 Å². The molecule has 5 aliphatic heterocycles. The Morgan fingerprint density at radius 3 is 1.08 bits per heavy atom. The van der Waals surface area contributed by atoms with E-state index in [9.17, 15) is 85.9 Å². The number of rotatable bonds is 16. The molecule has 65 heavy (non-hydrogen) atoms. The number of nitrogens with one attached hydrogen (secondary N) is 3. The lowest BCUT2D eigenvalue weighted by Crippen LogP contribution is -2.70. The second kappa shape index (κ2) is 23.2. The average molecular weight is 952 g/mol. The predicted octanol–water partition coefficient (Wildman–Crippen LogP) is -11.5. The monoisotopic (exact) mass is 951 g/mol. The summed E-state index contributed by atoms with van der Waals surface area (Å²) in [5.41, 5.74) is 0. The van der Waals surface area contributed by atoms with E-state index in [1.54, 1.807) is 0 Å². The molecule has 0 spiro atoms. The van der Waals surface area contributed by atoms with Crippen LogP contribution in [0.3, 0.4) is 0 Å². The minimum Gasteiger partial charge on any atom is -0.394 e. The summed E-state index contributed by atoms with van der Waals surface area (Å²) in [5, 5.41) is 157. The fourth-order valence-electron chi connectivity index (χ4n) is 8.24. The van der Waals surface area contributed by atoms with Crippen LogP contribution >= 0.6 is 0 Å². The van der Waals surface area contributed by atoms with Crippen molar-refractivity contribution < 1.29 is 129 Å². The number of hydrogen-bond acceptors (Lipinski definition) is 26. The maximum absolute atomic E-state index is 12.5. The lowest BCUT2D eigenvalue weighted by atomic mass is 9.94. The minimum absolute atomic E-state index is 0.696. The summed E-state index contributed by atoms with van der Waals surface area (Å²) in [6.07, 6.45) is -40.1. The fourth-order valence-corrected chi connectivity index (χ4v) is 8.24. The molecule has 17 N–H and O–H groups in total. The first-order valence-corrected chi connectivity index (χ1v) is 20.6. The molecule has 0 aromatic carbocycles. The van der Waals surface area contributed by atoms with Gasteiger partial charge < -0.3 is 130 Å². The maximum Gasteiger partial charge on any atom is 0.217 e. The summed E-state index contributed by atoms with van der Waals surface area (Å²) in [7, 11) is 0. The van der Waals surface area contributed by atoms with E-state index in [0.29, 0.717) is 0 Å². The molecule has 0 aromatic rings. The molecular weight excluding hydrogens is 890 g/mol. The normalized spacial score (nSPS) is 47.1. The van der Waals surface area contributed by atoms with Crippen molar-refractivity contribution in [3.05, 3.63) is 0 Å². The summed E-state index contributed by atoms with van der Waals surface area (Å²) in [6, 6.07) is -4.80. The summed E-state index contributed by atoms with van der Waals surface area (Å²) in [6.45, 7) is -1.48. The molecule has 3 amide bonds. The molecule has 25 atom stereocenters. The van der Waals surface area contributed by atoms with Gasteiger partial charge in [0.05, 0.1) is 33.0 Å². The van der Waals surface area contributed by atoms with E-state index in [2.05, 4.69) is 16.0 Å². The molecule has 29 heteroatoms. The Morgan fingerprint density at radius 1 is 0.369 bits per heavy atom. The largest absolute Gasteiger partial charge is 0.394 e. The van der Waals surface area contributed by atoms with Gasteiger partial charge in [0.25, 0.3) is 0 Å². The second-order valence-electron chi connectivity index (χ2n) is 16.2. The Balaban J connectivity index is 1.37. The molecule has 5 rings (SSSR count). The van der Waals surface area contributed by atoms with Crippen LogP contribution in [0.25, 0.3) is 0 Å². The Labute approximate surface area is 369 Å². The highest BCUT2D eigenvalue weighted by atomic mass is 16.8. The number of amides is 3. The van der Waals surface area contributed by atoms with E-state index in [1.165, 1.54) is 0 Å². The summed E-state index contributed by atoms with van der Waals surface area (Å²) in [5.74, 6) is -2.25. The molecule has 5 fully saturated rings. The van der Waals surface area contributed by atoms with Gasteiger partial charge in [-0.1, -0.05) is 0 Å². The Morgan fingerprint density at radius 2 is 0.677 bits per heavy atom. The van der Waals surface area contributed by atoms with Gasteiger partial charge in [0.15, 0.2) is 31.5 Å². The molecule has 5 saturated heterocycles. The molecule has 376 valence electrons. The van der Waals surface area contributed by atoms with Gasteiger partial charge >= 0.3 is 0 Å².